The zero-order valence-electron chi connectivity index (χ0n) is 8.56. The van der Waals surface area contributed by atoms with Crippen LogP contribution in [0.3, 0.4) is 0 Å². The van der Waals surface area contributed by atoms with Crippen LogP contribution in [0.4, 0.5) is 0 Å². The van der Waals surface area contributed by atoms with Gasteiger partial charge < -0.3 is 10.5 Å². The van der Waals surface area contributed by atoms with E-state index in [0.717, 1.165) is 18.7 Å². The highest BCUT2D eigenvalue weighted by atomic mass is 16.4. The molecule has 0 spiro atoms. The summed E-state index contributed by atoms with van der Waals surface area (Å²) in [6.45, 7) is 0.983. The molecule has 2 N–H and O–H groups in total. The lowest BCUT2D eigenvalue weighted by Crippen LogP contribution is -2.41. The minimum atomic E-state index is 0.138. The summed E-state index contributed by atoms with van der Waals surface area (Å²) < 4.78 is 0. The summed E-state index contributed by atoms with van der Waals surface area (Å²) in [5.74, 6) is 0. The fourth-order valence-electron chi connectivity index (χ4n) is 1.90. The Hall–Kier alpha value is -1.42. The third kappa shape index (κ3) is 2.33. The van der Waals surface area contributed by atoms with Crippen molar-refractivity contribution in [3.8, 4) is 0 Å². The van der Waals surface area contributed by atoms with Crippen molar-refractivity contribution >= 4 is 5.71 Å². The average Bonchev–Trinajstić information content (AvgIpc) is 2.33. The summed E-state index contributed by atoms with van der Waals surface area (Å²) in [6, 6.07) is 5.76. The van der Waals surface area contributed by atoms with Gasteiger partial charge >= 0.3 is 0 Å². The summed E-state index contributed by atoms with van der Waals surface area (Å²) >= 11 is 0. The number of piperidine rings is 1. The minimum absolute atomic E-state index is 0.138. The van der Waals surface area contributed by atoms with E-state index in [4.69, 9.17) is 5.21 Å². The Morgan fingerprint density at radius 3 is 3.00 bits per heavy atom. The summed E-state index contributed by atoms with van der Waals surface area (Å²) in [5, 5.41) is 15.8. The molecule has 0 aliphatic carbocycles. The Balaban J connectivity index is 2.17. The third-order valence-electron chi connectivity index (χ3n) is 2.68. The largest absolute Gasteiger partial charge is 0.411 e. The molecule has 1 unspecified atom stereocenters. The fourth-order valence-corrected chi connectivity index (χ4v) is 1.90. The molecule has 0 amide bonds. The SMILES string of the molecule is O/N=C(\c1ccccn1)C1CCCCN1. The quantitative estimate of drug-likeness (QED) is 0.436. The highest BCUT2D eigenvalue weighted by molar-refractivity contribution is 6.02. The van der Waals surface area contributed by atoms with E-state index >= 15 is 0 Å². The van der Waals surface area contributed by atoms with Crippen LogP contribution in [0.2, 0.25) is 0 Å². The lowest BCUT2D eigenvalue weighted by molar-refractivity contribution is 0.313. The summed E-state index contributed by atoms with van der Waals surface area (Å²) in [7, 11) is 0. The number of hydrogen-bond donors (Lipinski definition) is 2. The molecule has 0 bridgehead atoms. The summed E-state index contributed by atoms with van der Waals surface area (Å²) in [6.07, 6.45) is 5.08. The van der Waals surface area contributed by atoms with Gasteiger partial charge in [0.1, 0.15) is 5.71 Å². The Morgan fingerprint density at radius 1 is 1.47 bits per heavy atom. The molecule has 1 saturated heterocycles. The Morgan fingerprint density at radius 2 is 2.40 bits per heavy atom. The van der Waals surface area contributed by atoms with E-state index in [1.165, 1.54) is 12.8 Å². The maximum absolute atomic E-state index is 9.04. The van der Waals surface area contributed by atoms with Gasteiger partial charge in [-0.25, -0.2) is 0 Å². The van der Waals surface area contributed by atoms with Gasteiger partial charge in [0.15, 0.2) is 0 Å². The monoisotopic (exact) mass is 205 g/mol. The van der Waals surface area contributed by atoms with Crippen molar-refractivity contribution in [3.05, 3.63) is 30.1 Å². The molecule has 1 atom stereocenters. The van der Waals surface area contributed by atoms with Gasteiger partial charge in [0, 0.05) is 6.20 Å². The van der Waals surface area contributed by atoms with Gasteiger partial charge in [-0.2, -0.15) is 0 Å². The molecule has 1 aromatic heterocycles. The van der Waals surface area contributed by atoms with Crippen molar-refractivity contribution in [2.24, 2.45) is 5.16 Å². The lowest BCUT2D eigenvalue weighted by atomic mass is 9.98. The number of oxime groups is 1. The molecule has 2 heterocycles. The van der Waals surface area contributed by atoms with Crippen molar-refractivity contribution in [3.63, 3.8) is 0 Å². The van der Waals surface area contributed by atoms with E-state index in [1.807, 2.05) is 18.2 Å². The Labute approximate surface area is 89.0 Å². The first-order valence-electron chi connectivity index (χ1n) is 5.28. The fraction of sp³-hybridized carbons (Fsp3) is 0.455. The third-order valence-corrected chi connectivity index (χ3v) is 2.68. The summed E-state index contributed by atoms with van der Waals surface area (Å²) in [4.78, 5) is 4.19. The molecule has 1 aromatic rings. The van der Waals surface area contributed by atoms with Crippen LogP contribution >= 0.6 is 0 Å². The van der Waals surface area contributed by atoms with Crippen molar-refractivity contribution in [2.45, 2.75) is 25.3 Å². The van der Waals surface area contributed by atoms with Crippen molar-refractivity contribution in [1.82, 2.24) is 10.3 Å². The van der Waals surface area contributed by atoms with Crippen LogP contribution in [0.5, 0.6) is 0 Å². The number of hydrogen-bond acceptors (Lipinski definition) is 4. The normalized spacial score (nSPS) is 22.7. The molecule has 15 heavy (non-hydrogen) atoms. The van der Waals surface area contributed by atoms with E-state index in [9.17, 15) is 0 Å². The maximum atomic E-state index is 9.04. The van der Waals surface area contributed by atoms with Crippen LogP contribution in [0, 0.1) is 0 Å². The van der Waals surface area contributed by atoms with Crippen molar-refractivity contribution < 1.29 is 5.21 Å². The average molecular weight is 205 g/mol. The van der Waals surface area contributed by atoms with E-state index < -0.39 is 0 Å². The molecule has 1 aliphatic rings. The molecular weight excluding hydrogens is 190 g/mol. The molecular formula is C11H15N3O. The first-order valence-corrected chi connectivity index (χ1v) is 5.28. The number of rotatable bonds is 2. The van der Waals surface area contributed by atoms with Crippen LogP contribution in [0.15, 0.2) is 29.6 Å². The first kappa shape index (κ1) is 10.1. The second-order valence-electron chi connectivity index (χ2n) is 3.70. The van der Waals surface area contributed by atoms with Gasteiger partial charge in [-0.1, -0.05) is 17.6 Å². The highest BCUT2D eigenvalue weighted by Gasteiger charge is 2.21. The van der Waals surface area contributed by atoms with Crippen LogP contribution in [-0.4, -0.2) is 28.5 Å². The predicted molar refractivity (Wildman–Crippen MR) is 58.2 cm³/mol. The zero-order chi connectivity index (χ0) is 10.5. The number of aromatic nitrogens is 1. The zero-order valence-corrected chi connectivity index (χ0v) is 8.56. The van der Waals surface area contributed by atoms with Crippen LogP contribution < -0.4 is 5.32 Å². The Bertz CT molecular complexity index is 331. The van der Waals surface area contributed by atoms with E-state index in [1.54, 1.807) is 6.20 Å². The maximum Gasteiger partial charge on any atom is 0.122 e. The smallest absolute Gasteiger partial charge is 0.122 e. The van der Waals surface area contributed by atoms with Gasteiger partial charge in [-0.15, -0.1) is 0 Å². The standard InChI is InChI=1S/C11H15N3O/c15-14-11(9-5-1-3-7-12-9)10-6-2-4-8-13-10/h1,3,5,7,10,13,15H,2,4,6,8H2/b14-11+. The molecule has 0 saturated carbocycles. The topological polar surface area (TPSA) is 57.5 Å². The van der Waals surface area contributed by atoms with Gasteiger partial charge in [0.25, 0.3) is 0 Å². The van der Waals surface area contributed by atoms with Crippen molar-refractivity contribution in [1.29, 1.82) is 0 Å². The molecule has 0 radical (unpaired) electrons. The molecule has 4 nitrogen and oxygen atoms in total. The molecule has 1 aliphatic heterocycles. The first-order chi connectivity index (χ1) is 7.42. The van der Waals surface area contributed by atoms with Crippen molar-refractivity contribution in [2.75, 3.05) is 6.54 Å². The molecule has 4 heteroatoms. The van der Waals surface area contributed by atoms with Gasteiger partial charge in [-0.05, 0) is 31.5 Å². The second kappa shape index (κ2) is 4.89. The van der Waals surface area contributed by atoms with Gasteiger partial charge in [0.2, 0.25) is 0 Å². The minimum Gasteiger partial charge on any atom is -0.411 e. The highest BCUT2D eigenvalue weighted by Crippen LogP contribution is 2.12. The summed E-state index contributed by atoms with van der Waals surface area (Å²) in [5.41, 5.74) is 1.40. The molecule has 80 valence electrons. The second-order valence-corrected chi connectivity index (χ2v) is 3.70. The van der Waals surface area contributed by atoms with E-state index in [-0.39, 0.29) is 6.04 Å². The van der Waals surface area contributed by atoms with E-state index in [0.29, 0.717) is 5.71 Å². The Kier molecular flexibility index (Phi) is 3.29. The number of pyridine rings is 1. The van der Waals surface area contributed by atoms with Gasteiger partial charge in [0.05, 0.1) is 11.7 Å². The lowest BCUT2D eigenvalue weighted by Gasteiger charge is -2.23. The number of nitrogens with one attached hydrogen (secondary N) is 1. The molecule has 1 fully saturated rings. The van der Waals surface area contributed by atoms with Crippen LogP contribution in [0.25, 0.3) is 0 Å². The van der Waals surface area contributed by atoms with E-state index in [2.05, 4.69) is 15.5 Å². The predicted octanol–water partition coefficient (Wildman–Crippen LogP) is 1.40. The number of nitrogens with zero attached hydrogens (tertiary/aromatic N) is 2. The van der Waals surface area contributed by atoms with Crippen LogP contribution in [-0.2, 0) is 0 Å². The van der Waals surface area contributed by atoms with Crippen LogP contribution in [0.1, 0.15) is 25.0 Å². The molecule has 0 aromatic carbocycles. The van der Waals surface area contributed by atoms with Gasteiger partial charge in [-0.3, -0.25) is 4.98 Å². The molecule has 2 rings (SSSR count).